The minimum Gasteiger partial charge on any atom is -0.375 e. The van der Waals surface area contributed by atoms with Crippen molar-refractivity contribution in [1.29, 1.82) is 5.41 Å². The standard InChI is InChI=1S/C10H11F2NO.ClH/c1-2-14-6-9(13)10-7(11)4-3-5-8(10)12;/h3-5,13H,2,6H2,1H3;1H. The smallest absolute Gasteiger partial charge is 0.135 e. The first-order valence-electron chi connectivity index (χ1n) is 4.26. The van der Waals surface area contributed by atoms with Gasteiger partial charge in [0.05, 0.1) is 17.9 Å². The van der Waals surface area contributed by atoms with Crippen LogP contribution in [0.2, 0.25) is 0 Å². The first-order valence-corrected chi connectivity index (χ1v) is 4.26. The van der Waals surface area contributed by atoms with Crippen molar-refractivity contribution in [3.05, 3.63) is 35.4 Å². The summed E-state index contributed by atoms with van der Waals surface area (Å²) < 4.78 is 31.1. The molecule has 0 aromatic heterocycles. The van der Waals surface area contributed by atoms with Crippen molar-refractivity contribution in [1.82, 2.24) is 0 Å². The molecule has 0 aliphatic heterocycles. The van der Waals surface area contributed by atoms with Gasteiger partial charge >= 0.3 is 0 Å². The zero-order valence-corrected chi connectivity index (χ0v) is 9.04. The summed E-state index contributed by atoms with van der Waals surface area (Å²) in [6.45, 7) is 2.10. The summed E-state index contributed by atoms with van der Waals surface area (Å²) in [6.07, 6.45) is 0. The predicted octanol–water partition coefficient (Wildman–Crippen LogP) is 2.79. The lowest BCUT2D eigenvalue weighted by atomic mass is 10.1. The molecule has 0 fully saturated rings. The Kier molecular flexibility index (Phi) is 6.05. The van der Waals surface area contributed by atoms with Gasteiger partial charge in [-0.15, -0.1) is 12.4 Å². The molecule has 0 saturated heterocycles. The second-order valence-corrected chi connectivity index (χ2v) is 2.71. The summed E-state index contributed by atoms with van der Waals surface area (Å²) in [6, 6.07) is 3.51. The molecule has 2 nitrogen and oxygen atoms in total. The number of rotatable bonds is 4. The topological polar surface area (TPSA) is 33.1 Å². The van der Waals surface area contributed by atoms with Crippen LogP contribution in [-0.4, -0.2) is 18.9 Å². The zero-order chi connectivity index (χ0) is 10.6. The summed E-state index contributed by atoms with van der Waals surface area (Å²) in [4.78, 5) is 0. The molecule has 1 N–H and O–H groups in total. The van der Waals surface area contributed by atoms with Crippen molar-refractivity contribution in [3.63, 3.8) is 0 Å². The van der Waals surface area contributed by atoms with E-state index in [0.29, 0.717) is 6.61 Å². The number of nitrogens with one attached hydrogen (secondary N) is 1. The molecule has 0 atom stereocenters. The van der Waals surface area contributed by atoms with Crippen LogP contribution in [0.1, 0.15) is 12.5 Å². The van der Waals surface area contributed by atoms with E-state index in [1.807, 2.05) is 0 Å². The molecule has 1 aromatic carbocycles. The molecule has 0 radical (unpaired) electrons. The van der Waals surface area contributed by atoms with Crippen LogP contribution in [0.3, 0.4) is 0 Å². The summed E-state index contributed by atoms with van der Waals surface area (Å²) >= 11 is 0. The Labute approximate surface area is 93.2 Å². The lowest BCUT2D eigenvalue weighted by Crippen LogP contribution is -2.13. The van der Waals surface area contributed by atoms with Crippen molar-refractivity contribution in [2.45, 2.75) is 6.92 Å². The van der Waals surface area contributed by atoms with Gasteiger partial charge in [0.15, 0.2) is 0 Å². The molecule has 15 heavy (non-hydrogen) atoms. The maximum atomic E-state index is 13.1. The fraction of sp³-hybridized carbons (Fsp3) is 0.300. The van der Waals surface area contributed by atoms with E-state index in [2.05, 4.69) is 0 Å². The summed E-state index contributed by atoms with van der Waals surface area (Å²) in [7, 11) is 0. The van der Waals surface area contributed by atoms with E-state index in [4.69, 9.17) is 10.1 Å². The Balaban J connectivity index is 0.00000196. The Hall–Kier alpha value is -1.000. The fourth-order valence-corrected chi connectivity index (χ4v) is 1.06. The summed E-state index contributed by atoms with van der Waals surface area (Å²) in [5, 5.41) is 7.41. The predicted molar refractivity (Wildman–Crippen MR) is 56.9 cm³/mol. The minimum absolute atomic E-state index is 0. The Bertz CT molecular complexity index is 324. The SMILES string of the molecule is CCOCC(=N)c1c(F)cccc1F.Cl. The van der Waals surface area contributed by atoms with Gasteiger partial charge in [0.25, 0.3) is 0 Å². The molecule has 1 rings (SSSR count). The number of hydrogen-bond donors (Lipinski definition) is 1. The quantitative estimate of drug-likeness (QED) is 0.800. The van der Waals surface area contributed by atoms with Crippen LogP contribution in [0.5, 0.6) is 0 Å². The van der Waals surface area contributed by atoms with Gasteiger partial charge in [-0.05, 0) is 19.1 Å². The molecule has 0 spiro atoms. The lowest BCUT2D eigenvalue weighted by Gasteiger charge is -2.06. The highest BCUT2D eigenvalue weighted by molar-refractivity contribution is 5.99. The van der Waals surface area contributed by atoms with Crippen molar-refractivity contribution in [2.75, 3.05) is 13.2 Å². The average Bonchev–Trinajstić information content (AvgIpc) is 2.14. The molecule has 84 valence electrons. The van der Waals surface area contributed by atoms with Crippen LogP contribution < -0.4 is 0 Å². The van der Waals surface area contributed by atoms with E-state index in [0.717, 1.165) is 12.1 Å². The average molecular weight is 236 g/mol. The number of ether oxygens (including phenoxy) is 1. The van der Waals surface area contributed by atoms with E-state index in [9.17, 15) is 8.78 Å². The molecule has 0 aliphatic carbocycles. The second-order valence-electron chi connectivity index (χ2n) is 2.71. The van der Waals surface area contributed by atoms with E-state index >= 15 is 0 Å². The maximum Gasteiger partial charge on any atom is 0.135 e. The van der Waals surface area contributed by atoms with Gasteiger partial charge in [0, 0.05) is 6.61 Å². The monoisotopic (exact) mass is 235 g/mol. The van der Waals surface area contributed by atoms with Crippen LogP contribution in [0.4, 0.5) is 8.78 Å². The third-order valence-electron chi connectivity index (χ3n) is 1.72. The van der Waals surface area contributed by atoms with Crippen LogP contribution in [-0.2, 0) is 4.74 Å². The Morgan fingerprint density at radius 2 is 1.87 bits per heavy atom. The third-order valence-corrected chi connectivity index (χ3v) is 1.72. The first kappa shape index (κ1) is 14.0. The molecule has 0 unspecified atom stereocenters. The van der Waals surface area contributed by atoms with E-state index in [-0.39, 0.29) is 30.3 Å². The van der Waals surface area contributed by atoms with Gasteiger partial charge in [-0.25, -0.2) is 8.78 Å². The molecular weight excluding hydrogens is 224 g/mol. The van der Waals surface area contributed by atoms with Crippen molar-refractivity contribution in [3.8, 4) is 0 Å². The fourth-order valence-electron chi connectivity index (χ4n) is 1.06. The Morgan fingerprint density at radius 1 is 1.33 bits per heavy atom. The molecule has 0 bridgehead atoms. The van der Waals surface area contributed by atoms with Crippen LogP contribution in [0.25, 0.3) is 0 Å². The molecule has 5 heteroatoms. The highest BCUT2D eigenvalue weighted by Crippen LogP contribution is 2.12. The molecule has 0 aliphatic rings. The maximum absolute atomic E-state index is 13.1. The normalized spacial score (nSPS) is 9.53. The molecule has 0 amide bonds. The minimum atomic E-state index is -0.727. The van der Waals surface area contributed by atoms with Crippen molar-refractivity contribution in [2.24, 2.45) is 0 Å². The van der Waals surface area contributed by atoms with Gasteiger partial charge in [-0.3, -0.25) is 0 Å². The van der Waals surface area contributed by atoms with E-state index in [1.165, 1.54) is 6.07 Å². The number of benzene rings is 1. The zero-order valence-electron chi connectivity index (χ0n) is 8.22. The van der Waals surface area contributed by atoms with Crippen molar-refractivity contribution >= 4 is 18.1 Å². The van der Waals surface area contributed by atoms with Gasteiger partial charge in [0.1, 0.15) is 11.6 Å². The Morgan fingerprint density at radius 3 is 2.33 bits per heavy atom. The molecule has 1 aromatic rings. The van der Waals surface area contributed by atoms with Crippen LogP contribution >= 0.6 is 12.4 Å². The van der Waals surface area contributed by atoms with Crippen LogP contribution in [0.15, 0.2) is 18.2 Å². The number of hydrogen-bond acceptors (Lipinski definition) is 2. The van der Waals surface area contributed by atoms with E-state index in [1.54, 1.807) is 6.92 Å². The highest BCUT2D eigenvalue weighted by atomic mass is 35.5. The molecular formula is C10H12ClF2NO. The van der Waals surface area contributed by atoms with Gasteiger partial charge in [-0.1, -0.05) is 6.07 Å². The van der Waals surface area contributed by atoms with E-state index < -0.39 is 11.6 Å². The number of halogens is 3. The highest BCUT2D eigenvalue weighted by Gasteiger charge is 2.12. The first-order chi connectivity index (χ1) is 6.66. The lowest BCUT2D eigenvalue weighted by molar-refractivity contribution is 0.187. The van der Waals surface area contributed by atoms with Gasteiger partial charge in [-0.2, -0.15) is 0 Å². The van der Waals surface area contributed by atoms with Gasteiger partial charge < -0.3 is 10.1 Å². The van der Waals surface area contributed by atoms with Gasteiger partial charge in [0.2, 0.25) is 0 Å². The third kappa shape index (κ3) is 3.57. The summed E-state index contributed by atoms with van der Waals surface area (Å²) in [5.74, 6) is -1.45. The van der Waals surface area contributed by atoms with Crippen LogP contribution in [0, 0.1) is 17.0 Å². The van der Waals surface area contributed by atoms with Crippen molar-refractivity contribution < 1.29 is 13.5 Å². The second kappa shape index (κ2) is 6.48. The largest absolute Gasteiger partial charge is 0.375 e. The summed E-state index contributed by atoms with van der Waals surface area (Å²) in [5.41, 5.74) is -0.483. The molecule has 0 saturated carbocycles. The molecule has 0 heterocycles.